The molecule has 5 saturated carbocycles. The van der Waals surface area contributed by atoms with Crippen LogP contribution in [0.4, 0.5) is 5.69 Å². The zero-order valence-corrected chi connectivity index (χ0v) is 49.6. The summed E-state index contributed by atoms with van der Waals surface area (Å²) in [7, 11) is 1.91. The fraction of sp³-hybridized carbons (Fsp3) is 0.739. The molecule has 6 bridgehead atoms. The monoisotopic (exact) mass is 1100 g/mol. The summed E-state index contributed by atoms with van der Waals surface area (Å²) in [6, 6.07) is 12.3. The summed E-state index contributed by atoms with van der Waals surface area (Å²) in [5.74, 6) is 1.01. The first-order chi connectivity index (χ1) is 38.2. The second-order valence-electron chi connectivity index (χ2n) is 29.9. The van der Waals surface area contributed by atoms with E-state index >= 15 is 9.59 Å². The summed E-state index contributed by atoms with van der Waals surface area (Å²) >= 11 is 0. The van der Waals surface area contributed by atoms with Crippen LogP contribution in [-0.2, 0) is 27.3 Å². The first kappa shape index (κ1) is 57.0. The summed E-state index contributed by atoms with van der Waals surface area (Å²) in [5, 5.41) is 67.3. The number of phenols is 1. The van der Waals surface area contributed by atoms with E-state index in [1.54, 1.807) is 6.07 Å². The van der Waals surface area contributed by atoms with E-state index in [4.69, 9.17) is 10.5 Å². The van der Waals surface area contributed by atoms with Crippen LogP contribution < -0.4 is 16.4 Å². The van der Waals surface area contributed by atoms with Gasteiger partial charge in [-0.25, -0.2) is 0 Å². The summed E-state index contributed by atoms with van der Waals surface area (Å²) in [4.78, 5) is 32.3. The van der Waals surface area contributed by atoms with Gasteiger partial charge in [-0.1, -0.05) is 76.8 Å². The Morgan fingerprint density at radius 1 is 0.887 bits per heavy atom. The van der Waals surface area contributed by atoms with Gasteiger partial charge in [-0.15, -0.1) is 0 Å². The summed E-state index contributed by atoms with van der Waals surface area (Å²) in [6.07, 6.45) is 18.8. The summed E-state index contributed by atoms with van der Waals surface area (Å²) < 4.78 is 6.89. The molecular weight excluding hydrogens is 999 g/mol. The first-order valence-corrected chi connectivity index (χ1v) is 32.0. The molecule has 2 heterocycles. The van der Waals surface area contributed by atoms with E-state index in [2.05, 4.69) is 81.7 Å². The van der Waals surface area contributed by atoms with E-state index in [1.165, 1.54) is 16.7 Å². The van der Waals surface area contributed by atoms with Gasteiger partial charge >= 0.3 is 0 Å². The average Bonchev–Trinajstić information content (AvgIpc) is 1.21. The molecule has 7 fully saturated rings. The van der Waals surface area contributed by atoms with Gasteiger partial charge in [0.25, 0.3) is 0 Å². The van der Waals surface area contributed by atoms with Crippen LogP contribution in [0.1, 0.15) is 191 Å². The molecule has 13 rings (SSSR count). The lowest BCUT2D eigenvalue weighted by Gasteiger charge is -2.74. The van der Waals surface area contributed by atoms with Gasteiger partial charge in [0.15, 0.2) is 5.78 Å². The number of benzene rings is 2. The molecule has 20 atom stereocenters. The van der Waals surface area contributed by atoms with Crippen molar-refractivity contribution in [1.82, 2.24) is 10.6 Å². The minimum atomic E-state index is -0.955. The predicted molar refractivity (Wildman–Crippen MR) is 313 cm³/mol. The minimum absolute atomic E-state index is 0.00477. The van der Waals surface area contributed by atoms with Crippen molar-refractivity contribution in [3.63, 3.8) is 0 Å². The predicted octanol–water partition coefficient (Wildman–Crippen LogP) is 10.6. The van der Waals surface area contributed by atoms with Crippen molar-refractivity contribution in [2.45, 2.75) is 211 Å². The molecule has 0 amide bonds. The number of β-amino-alcohol motifs (C(OH)–C–C–N with tert-alkyl or cyclic N) is 1. The molecule has 9 N–H and O–H groups in total. The van der Waals surface area contributed by atoms with E-state index in [0.29, 0.717) is 51.1 Å². The van der Waals surface area contributed by atoms with Crippen LogP contribution in [0, 0.1) is 80.8 Å². The number of allylic oxidation sites excluding steroid dienone is 4. The Hall–Kier alpha value is -3.42. The lowest BCUT2D eigenvalue weighted by Crippen LogP contribution is -2.74. The van der Waals surface area contributed by atoms with Crippen LogP contribution >= 0.6 is 0 Å². The average molecular weight is 1100 g/mol. The molecule has 11 aliphatic rings. The van der Waals surface area contributed by atoms with Crippen LogP contribution in [0.2, 0.25) is 0 Å². The molecule has 0 aromatic heterocycles. The number of anilines is 1. The number of carbonyl (C=O) groups is 2. The van der Waals surface area contributed by atoms with Crippen molar-refractivity contribution in [1.29, 1.82) is 0 Å². The third-order valence-corrected chi connectivity index (χ3v) is 25.1. The third kappa shape index (κ3) is 8.94. The van der Waals surface area contributed by atoms with E-state index in [9.17, 15) is 25.5 Å². The fourth-order valence-corrected chi connectivity index (χ4v) is 22.1. The zero-order chi connectivity index (χ0) is 56.5. The summed E-state index contributed by atoms with van der Waals surface area (Å²) in [6.45, 7) is 14.7. The van der Waals surface area contributed by atoms with Gasteiger partial charge in [0, 0.05) is 55.3 Å². The van der Waals surface area contributed by atoms with Gasteiger partial charge in [0.05, 0.1) is 23.2 Å². The Labute approximate surface area is 478 Å². The molecule has 2 spiro atoms. The molecule has 9 aliphatic carbocycles. The van der Waals surface area contributed by atoms with E-state index in [1.807, 2.05) is 20.0 Å². The quantitative estimate of drug-likeness (QED) is 0.0572. The standard InChI is InChI=1S/C69H99N3O8/c1-39(2)24-41-25-44(30-47(70)27-41)49-12-10-13-52(49)67(6)63(80-67)56(76)32-51-50-29-40(36-73)15-16-43(50)17-18-46(37-74)69-33-55-61-66(5,58(69)20-19-53-60(51)57(77)34-65(53,69)4)54-14-11-23-68(61,22-9-8-21-64(3,79)38-72-55)62(78)59(54)45-26-42(35-71-7)28-48(75)31-45/h11,14,25-28,30-31,39-40,43,46,49-52,54-56,58-59,61,63,71-76,79H,8-10,12-13,15-24,29,32-38,70H2,1-7H3/t40-,43+,46+,49-,50-,51-,52+,54-,55-,56+,58+,59+,61+,63+,64-,65-,66-,67+,68-,69+/m0/s1. The van der Waals surface area contributed by atoms with E-state index in [-0.39, 0.29) is 102 Å². The largest absolute Gasteiger partial charge is 0.508 e. The van der Waals surface area contributed by atoms with Crippen LogP contribution in [0.25, 0.3) is 0 Å². The van der Waals surface area contributed by atoms with Gasteiger partial charge < -0.3 is 46.6 Å². The molecule has 0 unspecified atom stereocenters. The van der Waals surface area contributed by atoms with Crippen molar-refractivity contribution in [3.05, 3.63) is 82.0 Å². The van der Waals surface area contributed by atoms with Crippen molar-refractivity contribution in [2.24, 2.45) is 80.8 Å². The Bertz CT molecular complexity index is 2770. The van der Waals surface area contributed by atoms with E-state index in [0.717, 1.165) is 112 Å². The number of rotatable bonds is 12. The van der Waals surface area contributed by atoms with Gasteiger partial charge in [-0.3, -0.25) is 9.59 Å². The second kappa shape index (κ2) is 21.0. The molecule has 2 aliphatic heterocycles. The maximum atomic E-state index is 16.3. The number of ether oxygens (including phenoxy) is 1. The fourth-order valence-electron chi connectivity index (χ4n) is 22.1. The molecular formula is C69H99N3O8. The van der Waals surface area contributed by atoms with Crippen LogP contribution in [0.3, 0.4) is 0 Å². The topological polar surface area (TPSA) is 198 Å². The Kier molecular flexibility index (Phi) is 15.0. The number of phenolic OH excluding ortho intramolecular Hbond substituents is 1. The number of aliphatic hydroxyl groups excluding tert-OH is 3. The van der Waals surface area contributed by atoms with Crippen molar-refractivity contribution in [3.8, 4) is 5.75 Å². The lowest BCUT2D eigenvalue weighted by molar-refractivity contribution is -0.237. The highest BCUT2D eigenvalue weighted by molar-refractivity contribution is 6.01. The van der Waals surface area contributed by atoms with Gasteiger partial charge in [0.2, 0.25) is 0 Å². The van der Waals surface area contributed by atoms with Crippen molar-refractivity contribution in [2.75, 3.05) is 32.5 Å². The molecule has 11 heteroatoms. The maximum Gasteiger partial charge on any atom is 0.160 e. The number of hydrogen-bond acceptors (Lipinski definition) is 11. The number of nitrogens with one attached hydrogen (secondary N) is 2. The Balaban J connectivity index is 0.979. The molecule has 2 aromatic rings. The number of aliphatic hydroxyl groups is 4. The molecule has 80 heavy (non-hydrogen) atoms. The van der Waals surface area contributed by atoms with Crippen LogP contribution in [0.15, 0.2) is 59.7 Å². The molecule has 2 saturated heterocycles. The highest BCUT2D eigenvalue weighted by Crippen LogP contribution is 2.80. The number of nitrogens with two attached hydrogens (primary N) is 1. The third-order valence-electron chi connectivity index (χ3n) is 25.1. The normalized spacial score (nSPS) is 44.5. The number of fused-ring (bicyclic) bond motifs is 3. The number of carbonyl (C=O) groups excluding carboxylic acids is 2. The number of nitrogen functional groups attached to an aromatic ring is 1. The zero-order valence-electron chi connectivity index (χ0n) is 49.6. The number of aromatic hydroxyl groups is 1. The van der Waals surface area contributed by atoms with Crippen molar-refractivity contribution >= 4 is 17.3 Å². The van der Waals surface area contributed by atoms with Crippen molar-refractivity contribution < 1.29 is 39.9 Å². The highest BCUT2D eigenvalue weighted by Gasteiger charge is 2.78. The first-order valence-electron chi connectivity index (χ1n) is 32.0. The molecule has 2 aromatic carbocycles. The Morgan fingerprint density at radius 2 is 1.66 bits per heavy atom. The second-order valence-corrected chi connectivity index (χ2v) is 29.9. The summed E-state index contributed by atoms with van der Waals surface area (Å²) in [5.41, 5.74) is 10.1. The number of hydrogen-bond donors (Lipinski definition) is 8. The Morgan fingerprint density at radius 3 is 2.42 bits per heavy atom. The lowest BCUT2D eigenvalue weighted by atomic mass is 9.29. The smallest absolute Gasteiger partial charge is 0.160 e. The highest BCUT2D eigenvalue weighted by atomic mass is 16.6. The molecule has 438 valence electrons. The van der Waals surface area contributed by atoms with Gasteiger partial charge in [-0.2, -0.15) is 0 Å². The molecule has 11 nitrogen and oxygen atoms in total. The van der Waals surface area contributed by atoms with Crippen LogP contribution in [0.5, 0.6) is 5.75 Å². The number of epoxide rings is 1. The van der Waals surface area contributed by atoms with Gasteiger partial charge in [-0.05, 0) is 245 Å². The number of Topliss-reactive ketones (excluding diaryl/α,β-unsaturated/α-hetero) is 2. The minimum Gasteiger partial charge on any atom is -0.508 e. The SMILES string of the molecule is CNCc1cc(O)cc([C@H]2C(=O)[C@]34CC=C[C@@H]2[C@@]2(C)[C@H]5CCC6=C7C(=O)C[C@]6(C)[C@]5(C[C@H](NC[C@@](C)(O)CCCC3)[C@@H]42)[C@@H](CO)CC[C@H]2CC[C@H](CO)C[C@@H]2[C@@H]7C[C@@H](O)[C@H]2O[C@]2(C)[C@@H]2CCC[C@H]2c2cc(N)cc(CC(C)C)c2)c1. The maximum absolute atomic E-state index is 16.3. The molecule has 0 radical (unpaired) electrons. The van der Waals surface area contributed by atoms with Gasteiger partial charge in [0.1, 0.15) is 17.6 Å². The van der Waals surface area contributed by atoms with Crippen LogP contribution in [-0.4, -0.2) is 93.4 Å². The van der Waals surface area contributed by atoms with E-state index < -0.39 is 44.9 Å². The number of ketones is 2.